The van der Waals surface area contributed by atoms with E-state index in [9.17, 15) is 19.8 Å². The first-order valence-corrected chi connectivity index (χ1v) is 10.7. The van der Waals surface area contributed by atoms with Crippen molar-refractivity contribution in [1.82, 2.24) is 10.2 Å². The van der Waals surface area contributed by atoms with Crippen molar-refractivity contribution in [3.63, 3.8) is 0 Å². The second-order valence-corrected chi connectivity index (χ2v) is 9.59. The number of hydrogen-bond donors (Lipinski definition) is 3. The molecule has 1 unspecified atom stereocenters. The van der Waals surface area contributed by atoms with Crippen LogP contribution in [0.2, 0.25) is 0 Å². The molecule has 0 aromatic heterocycles. The van der Waals surface area contributed by atoms with Crippen LogP contribution in [-0.4, -0.2) is 57.6 Å². The Labute approximate surface area is 169 Å². The van der Waals surface area contributed by atoms with Gasteiger partial charge in [-0.05, 0) is 44.6 Å². The number of carbonyl (C=O) groups is 2. The van der Waals surface area contributed by atoms with Crippen molar-refractivity contribution in [2.24, 2.45) is 5.92 Å². The Kier molecular flexibility index (Phi) is 3.30. The van der Waals surface area contributed by atoms with E-state index >= 15 is 0 Å². The van der Waals surface area contributed by atoms with Gasteiger partial charge in [0.2, 0.25) is 5.91 Å². The van der Waals surface area contributed by atoms with Gasteiger partial charge in [0.25, 0.3) is 0 Å². The average Bonchev–Trinajstić information content (AvgIpc) is 3.39. The molecule has 1 aromatic carbocycles. The van der Waals surface area contributed by atoms with Crippen LogP contribution >= 0.6 is 0 Å². The summed E-state index contributed by atoms with van der Waals surface area (Å²) in [5, 5.41) is 24.6. The number of carbonyl (C=O) groups excluding carboxylic acids is 2. The van der Waals surface area contributed by atoms with Crippen LogP contribution in [0.25, 0.3) is 0 Å². The molecule has 4 atom stereocenters. The fourth-order valence-electron chi connectivity index (χ4n) is 6.94. The molecule has 7 nitrogen and oxygen atoms in total. The summed E-state index contributed by atoms with van der Waals surface area (Å²) in [6.07, 6.45) is 3.90. The van der Waals surface area contributed by atoms with Gasteiger partial charge in [-0.15, -0.1) is 0 Å². The van der Waals surface area contributed by atoms with Crippen LogP contribution in [0.3, 0.4) is 0 Å². The van der Waals surface area contributed by atoms with Crippen molar-refractivity contribution in [2.45, 2.75) is 68.5 Å². The Bertz CT molecular complexity index is 957. The molecule has 2 heterocycles. The highest BCUT2D eigenvalue weighted by Gasteiger charge is 2.74. The van der Waals surface area contributed by atoms with Crippen molar-refractivity contribution >= 4 is 11.7 Å². The van der Waals surface area contributed by atoms with Gasteiger partial charge in [0.15, 0.2) is 23.4 Å². The molecule has 154 valence electrons. The number of phenols is 2. The molecule has 0 radical (unpaired) electrons. The van der Waals surface area contributed by atoms with E-state index in [0.29, 0.717) is 37.4 Å². The van der Waals surface area contributed by atoms with Gasteiger partial charge in [-0.2, -0.15) is 0 Å². The summed E-state index contributed by atoms with van der Waals surface area (Å²) in [6.45, 7) is 3.34. The van der Waals surface area contributed by atoms with E-state index in [4.69, 9.17) is 4.74 Å². The maximum Gasteiger partial charge on any atom is 0.217 e. The zero-order chi connectivity index (χ0) is 20.1. The van der Waals surface area contributed by atoms with Gasteiger partial charge in [0.05, 0.1) is 11.0 Å². The molecule has 5 aliphatic rings. The Morgan fingerprint density at radius 3 is 2.83 bits per heavy atom. The molecule has 3 N–H and O–H groups in total. The van der Waals surface area contributed by atoms with Crippen molar-refractivity contribution in [3.8, 4) is 17.2 Å². The highest BCUT2D eigenvalue weighted by molar-refractivity contribution is 5.91. The van der Waals surface area contributed by atoms with Crippen molar-refractivity contribution in [2.75, 3.05) is 13.1 Å². The molecule has 3 fully saturated rings. The van der Waals surface area contributed by atoms with Gasteiger partial charge in [0.1, 0.15) is 5.75 Å². The molecule has 1 aromatic rings. The lowest BCUT2D eigenvalue weighted by molar-refractivity contribution is -0.149. The highest BCUT2D eigenvalue weighted by Crippen LogP contribution is 2.66. The van der Waals surface area contributed by atoms with Gasteiger partial charge in [-0.3, -0.25) is 14.5 Å². The zero-order valence-corrected chi connectivity index (χ0v) is 16.5. The number of amides is 1. The monoisotopic (exact) mass is 398 g/mol. The van der Waals surface area contributed by atoms with E-state index in [2.05, 4.69) is 10.2 Å². The number of piperidine rings is 1. The predicted octanol–water partition coefficient (Wildman–Crippen LogP) is 1.37. The van der Waals surface area contributed by atoms with Crippen LogP contribution in [0, 0.1) is 5.92 Å². The summed E-state index contributed by atoms with van der Waals surface area (Å²) < 4.78 is 6.13. The molecule has 1 saturated heterocycles. The number of hydrogen-bond acceptors (Lipinski definition) is 6. The second kappa shape index (κ2) is 5.45. The fraction of sp³-hybridized carbons (Fsp3) is 0.636. The van der Waals surface area contributed by atoms with Crippen molar-refractivity contribution in [1.29, 1.82) is 0 Å². The Hall–Kier alpha value is -2.28. The number of phenolic OH excluding ortho intramolecular Hbond substituents is 2. The van der Waals surface area contributed by atoms with Crippen LogP contribution in [0.15, 0.2) is 6.07 Å². The number of aromatic hydroxyl groups is 2. The highest BCUT2D eigenvalue weighted by atomic mass is 16.5. The lowest BCUT2D eigenvalue weighted by Gasteiger charge is -2.65. The number of Topliss-reactive ketones (excluding diaryl/α,β-unsaturated/α-hetero) is 1. The lowest BCUT2D eigenvalue weighted by atomic mass is 9.47. The summed E-state index contributed by atoms with van der Waals surface area (Å²) in [5.74, 6) is 0.845. The number of nitrogens with one attached hydrogen (secondary N) is 1. The van der Waals surface area contributed by atoms with Crippen LogP contribution < -0.4 is 10.1 Å². The normalized spacial score (nSPS) is 37.1. The van der Waals surface area contributed by atoms with E-state index in [1.54, 1.807) is 0 Å². The van der Waals surface area contributed by atoms with E-state index in [1.807, 2.05) is 0 Å². The molecular formula is C22H26N2O5. The van der Waals surface area contributed by atoms with Crippen LogP contribution in [0.1, 0.15) is 50.2 Å². The molecule has 29 heavy (non-hydrogen) atoms. The number of benzene rings is 1. The molecule has 3 aliphatic carbocycles. The molecule has 7 heteroatoms. The van der Waals surface area contributed by atoms with E-state index in [-0.39, 0.29) is 29.2 Å². The molecule has 2 bridgehead atoms. The first kappa shape index (κ1) is 17.6. The van der Waals surface area contributed by atoms with Crippen molar-refractivity contribution < 1.29 is 24.5 Å². The minimum Gasteiger partial charge on any atom is -0.508 e. The molecular weight excluding hydrogens is 372 g/mol. The van der Waals surface area contributed by atoms with Gasteiger partial charge in [-0.1, -0.05) is 0 Å². The molecule has 2 saturated carbocycles. The first-order chi connectivity index (χ1) is 13.9. The third kappa shape index (κ3) is 2.02. The Morgan fingerprint density at radius 1 is 1.31 bits per heavy atom. The summed E-state index contributed by atoms with van der Waals surface area (Å²) >= 11 is 0. The van der Waals surface area contributed by atoms with Gasteiger partial charge in [0, 0.05) is 43.1 Å². The maximum atomic E-state index is 13.0. The quantitative estimate of drug-likeness (QED) is 0.711. The van der Waals surface area contributed by atoms with Gasteiger partial charge < -0.3 is 20.3 Å². The third-order valence-electron chi connectivity index (χ3n) is 8.12. The standard InChI is InChI=1S/C22H26N2O5/c1-11(25)23-22-5-4-14(26)20-21(22)6-7-24(10-12-2-3-12)17(22)8-13-15(27)9-16(28)19(29-20)18(13)21/h9,12,17,20,27-28H,2-8,10H2,1H3,(H,23,25)/t17-,20?,21+,22-/m1/s1. The summed E-state index contributed by atoms with van der Waals surface area (Å²) in [4.78, 5) is 27.9. The van der Waals surface area contributed by atoms with Gasteiger partial charge >= 0.3 is 0 Å². The average molecular weight is 398 g/mol. The minimum absolute atomic E-state index is 0.00570. The SMILES string of the molecule is CC(=O)N[C@@]12CCC(=O)C3Oc4c(O)cc(O)c5c4[C@@]31CCN(CC1CC1)[C@@H]2C5. The largest absolute Gasteiger partial charge is 0.508 e. The fourth-order valence-corrected chi connectivity index (χ4v) is 6.94. The smallest absolute Gasteiger partial charge is 0.217 e. The van der Waals surface area contributed by atoms with Crippen LogP contribution in [-0.2, 0) is 21.4 Å². The summed E-state index contributed by atoms with van der Waals surface area (Å²) in [6, 6.07) is 1.33. The second-order valence-electron chi connectivity index (χ2n) is 9.59. The van der Waals surface area contributed by atoms with Gasteiger partial charge in [-0.25, -0.2) is 0 Å². The molecule has 6 rings (SSSR count). The summed E-state index contributed by atoms with van der Waals surface area (Å²) in [5.41, 5.74) is 0.145. The Balaban J connectivity index is 1.62. The number of rotatable bonds is 3. The number of nitrogens with zero attached hydrogens (tertiary/aromatic N) is 1. The zero-order valence-electron chi connectivity index (χ0n) is 16.5. The van der Waals surface area contributed by atoms with E-state index in [1.165, 1.54) is 25.8 Å². The minimum atomic E-state index is -0.738. The molecule has 2 aliphatic heterocycles. The number of ether oxygens (including phenoxy) is 1. The summed E-state index contributed by atoms with van der Waals surface area (Å²) in [7, 11) is 0. The van der Waals surface area contributed by atoms with Crippen molar-refractivity contribution in [3.05, 3.63) is 17.2 Å². The Morgan fingerprint density at radius 2 is 2.10 bits per heavy atom. The topological polar surface area (TPSA) is 99.1 Å². The number of likely N-dealkylation sites (tertiary alicyclic amines) is 1. The number of ketones is 1. The molecule has 1 amide bonds. The third-order valence-corrected chi connectivity index (χ3v) is 8.12. The maximum absolute atomic E-state index is 13.0. The van der Waals surface area contributed by atoms with E-state index in [0.717, 1.165) is 24.2 Å². The molecule has 1 spiro atoms. The predicted molar refractivity (Wildman–Crippen MR) is 103 cm³/mol. The van der Waals surface area contributed by atoms with Crippen LogP contribution in [0.4, 0.5) is 0 Å². The lowest BCUT2D eigenvalue weighted by Crippen LogP contribution is -2.81. The first-order valence-electron chi connectivity index (χ1n) is 10.7. The van der Waals surface area contributed by atoms with Crippen LogP contribution in [0.5, 0.6) is 17.2 Å². The van der Waals surface area contributed by atoms with E-state index < -0.39 is 17.1 Å².